The van der Waals surface area contributed by atoms with Crippen LogP contribution in [0.25, 0.3) is 10.8 Å². The van der Waals surface area contributed by atoms with Crippen molar-refractivity contribution in [1.82, 2.24) is 4.98 Å². The number of rotatable bonds is 3. The first kappa shape index (κ1) is 11.3. The van der Waals surface area contributed by atoms with Gasteiger partial charge in [0.25, 0.3) is 0 Å². The summed E-state index contributed by atoms with van der Waals surface area (Å²) >= 11 is 1.49. The summed E-state index contributed by atoms with van der Waals surface area (Å²) < 4.78 is 4.91. The molecule has 0 aliphatic heterocycles. The summed E-state index contributed by atoms with van der Waals surface area (Å²) in [6, 6.07) is 5.41. The molecule has 0 fully saturated rings. The summed E-state index contributed by atoms with van der Waals surface area (Å²) in [5.74, 6) is 0.459. The Labute approximate surface area is 97.5 Å². The molecular formula is C10H10BNO3S. The van der Waals surface area contributed by atoms with Gasteiger partial charge in [-0.3, -0.25) is 4.98 Å². The van der Waals surface area contributed by atoms with Crippen molar-refractivity contribution < 1.29 is 14.7 Å². The molecular weight excluding hydrogens is 225 g/mol. The Morgan fingerprint density at radius 2 is 2.12 bits per heavy atom. The van der Waals surface area contributed by atoms with E-state index in [1.807, 2.05) is 18.4 Å². The fourth-order valence-corrected chi connectivity index (χ4v) is 2.26. The van der Waals surface area contributed by atoms with E-state index in [1.165, 1.54) is 11.8 Å². The smallest absolute Gasteiger partial charge is 0.511 e. The highest BCUT2D eigenvalue weighted by molar-refractivity contribution is 7.99. The van der Waals surface area contributed by atoms with Gasteiger partial charge in [-0.1, -0.05) is 0 Å². The largest absolute Gasteiger partial charge is 0.707 e. The first-order valence-electron chi connectivity index (χ1n) is 4.66. The quantitative estimate of drug-likeness (QED) is 0.620. The Morgan fingerprint density at radius 3 is 2.81 bits per heavy atom. The Morgan fingerprint density at radius 1 is 1.31 bits per heavy atom. The number of benzene rings is 1. The molecule has 2 rings (SSSR count). The van der Waals surface area contributed by atoms with E-state index in [2.05, 4.69) is 4.98 Å². The molecule has 1 aromatic carbocycles. The molecule has 16 heavy (non-hydrogen) atoms. The van der Waals surface area contributed by atoms with E-state index in [-0.39, 0.29) is 0 Å². The molecule has 0 unspecified atom stereocenters. The SMILES string of the molecule is CSc1c(OB(O)O)ccc2cnccc12. The molecule has 0 atom stereocenters. The number of hydrogen-bond acceptors (Lipinski definition) is 5. The molecule has 82 valence electrons. The third-order valence-electron chi connectivity index (χ3n) is 2.17. The van der Waals surface area contributed by atoms with Crippen molar-refractivity contribution in [3.8, 4) is 5.75 Å². The molecule has 0 bridgehead atoms. The van der Waals surface area contributed by atoms with Crippen molar-refractivity contribution in [3.05, 3.63) is 30.6 Å². The highest BCUT2D eigenvalue weighted by Gasteiger charge is 2.15. The van der Waals surface area contributed by atoms with Gasteiger partial charge in [0.15, 0.2) is 0 Å². The monoisotopic (exact) mass is 235 g/mol. The molecule has 6 heteroatoms. The van der Waals surface area contributed by atoms with Gasteiger partial charge in [-0.15, -0.1) is 11.8 Å². The summed E-state index contributed by atoms with van der Waals surface area (Å²) in [6.07, 6.45) is 5.36. The minimum Gasteiger partial charge on any atom is -0.511 e. The van der Waals surface area contributed by atoms with Crippen LogP contribution >= 0.6 is 11.8 Å². The number of thioether (sulfide) groups is 1. The first-order chi connectivity index (χ1) is 7.72. The fraction of sp³-hybridized carbons (Fsp3) is 0.100. The Balaban J connectivity index is 2.58. The van der Waals surface area contributed by atoms with Crippen molar-refractivity contribution in [2.75, 3.05) is 6.26 Å². The minimum absolute atomic E-state index is 0.459. The van der Waals surface area contributed by atoms with Crippen LogP contribution in [0.2, 0.25) is 0 Å². The average Bonchev–Trinajstić information content (AvgIpc) is 2.28. The van der Waals surface area contributed by atoms with Crippen LogP contribution in [0.15, 0.2) is 35.5 Å². The average molecular weight is 235 g/mol. The lowest BCUT2D eigenvalue weighted by atomic mass is 10.1. The van der Waals surface area contributed by atoms with Crippen LogP contribution in [-0.2, 0) is 0 Å². The topological polar surface area (TPSA) is 62.6 Å². The third kappa shape index (κ3) is 2.14. The number of nitrogens with zero attached hydrogens (tertiary/aromatic N) is 1. The molecule has 2 N–H and O–H groups in total. The van der Waals surface area contributed by atoms with Gasteiger partial charge < -0.3 is 14.7 Å². The van der Waals surface area contributed by atoms with E-state index in [0.29, 0.717) is 5.75 Å². The fourth-order valence-electron chi connectivity index (χ4n) is 1.54. The van der Waals surface area contributed by atoms with E-state index in [4.69, 9.17) is 14.7 Å². The van der Waals surface area contributed by atoms with Gasteiger partial charge in [-0.25, -0.2) is 0 Å². The first-order valence-corrected chi connectivity index (χ1v) is 5.88. The molecule has 0 amide bonds. The zero-order valence-electron chi connectivity index (χ0n) is 8.62. The normalized spacial score (nSPS) is 10.4. The standard InChI is InChI=1S/C10H10BNO3S/c1-16-10-8-4-5-12-6-7(8)2-3-9(10)15-11(13)14/h2-6,13-14H,1H3. The summed E-state index contributed by atoms with van der Waals surface area (Å²) in [7, 11) is -1.80. The van der Waals surface area contributed by atoms with Gasteiger partial charge >= 0.3 is 7.32 Å². The van der Waals surface area contributed by atoms with Crippen molar-refractivity contribution in [1.29, 1.82) is 0 Å². The number of pyridine rings is 1. The highest BCUT2D eigenvalue weighted by Crippen LogP contribution is 2.34. The second-order valence-corrected chi connectivity index (χ2v) is 3.95. The van der Waals surface area contributed by atoms with E-state index in [1.54, 1.807) is 18.5 Å². The van der Waals surface area contributed by atoms with Gasteiger partial charge in [0.2, 0.25) is 0 Å². The van der Waals surface area contributed by atoms with Crippen LogP contribution in [0.3, 0.4) is 0 Å². The number of fused-ring (bicyclic) bond motifs is 1. The summed E-state index contributed by atoms with van der Waals surface area (Å²) in [5, 5.41) is 19.6. The molecule has 0 saturated heterocycles. The zero-order chi connectivity index (χ0) is 11.5. The molecule has 4 nitrogen and oxygen atoms in total. The molecule has 0 radical (unpaired) electrons. The van der Waals surface area contributed by atoms with Crippen molar-refractivity contribution in [2.45, 2.75) is 4.90 Å². The summed E-state index contributed by atoms with van der Waals surface area (Å²) in [6.45, 7) is 0. The molecule has 1 heterocycles. The van der Waals surface area contributed by atoms with Crippen LogP contribution in [0, 0.1) is 0 Å². The van der Waals surface area contributed by atoms with Gasteiger partial charge in [0, 0.05) is 23.2 Å². The molecule has 0 saturated carbocycles. The van der Waals surface area contributed by atoms with E-state index < -0.39 is 7.32 Å². The van der Waals surface area contributed by atoms with Crippen LogP contribution in [0.5, 0.6) is 5.75 Å². The zero-order valence-corrected chi connectivity index (χ0v) is 9.44. The number of hydrogen-bond donors (Lipinski definition) is 2. The molecule has 0 aliphatic rings. The number of aromatic nitrogens is 1. The van der Waals surface area contributed by atoms with Gasteiger partial charge in [0.05, 0.1) is 4.90 Å². The lowest BCUT2D eigenvalue weighted by Gasteiger charge is -2.11. The van der Waals surface area contributed by atoms with Crippen molar-refractivity contribution in [3.63, 3.8) is 0 Å². The van der Waals surface area contributed by atoms with Crippen LogP contribution < -0.4 is 4.65 Å². The van der Waals surface area contributed by atoms with E-state index >= 15 is 0 Å². The molecule has 2 aromatic rings. The third-order valence-corrected chi connectivity index (χ3v) is 3.00. The predicted molar refractivity (Wildman–Crippen MR) is 64.3 cm³/mol. The second-order valence-electron chi connectivity index (χ2n) is 3.14. The van der Waals surface area contributed by atoms with Gasteiger partial charge in [-0.05, 0) is 24.5 Å². The van der Waals surface area contributed by atoms with Gasteiger partial charge in [0.1, 0.15) is 5.75 Å². The second kappa shape index (κ2) is 4.73. The predicted octanol–water partition coefficient (Wildman–Crippen LogP) is 1.30. The maximum Gasteiger partial charge on any atom is 0.707 e. The van der Waals surface area contributed by atoms with E-state index in [0.717, 1.165) is 15.7 Å². The lowest BCUT2D eigenvalue weighted by molar-refractivity contribution is 0.285. The van der Waals surface area contributed by atoms with Crippen LogP contribution in [0.4, 0.5) is 0 Å². The molecule has 1 aromatic heterocycles. The molecule has 0 spiro atoms. The highest BCUT2D eigenvalue weighted by atomic mass is 32.2. The van der Waals surface area contributed by atoms with E-state index in [9.17, 15) is 0 Å². The van der Waals surface area contributed by atoms with Gasteiger partial charge in [-0.2, -0.15) is 0 Å². The maximum absolute atomic E-state index is 8.81. The minimum atomic E-state index is -1.80. The lowest BCUT2D eigenvalue weighted by Crippen LogP contribution is -2.20. The van der Waals surface area contributed by atoms with Crippen molar-refractivity contribution in [2.24, 2.45) is 0 Å². The molecule has 0 aliphatic carbocycles. The summed E-state index contributed by atoms with van der Waals surface area (Å²) in [4.78, 5) is 4.90. The Hall–Kier alpha value is -1.24. The Kier molecular flexibility index (Phi) is 3.33. The van der Waals surface area contributed by atoms with Crippen LogP contribution in [-0.4, -0.2) is 28.6 Å². The van der Waals surface area contributed by atoms with Crippen molar-refractivity contribution >= 4 is 29.9 Å². The maximum atomic E-state index is 8.81. The van der Waals surface area contributed by atoms with Crippen LogP contribution in [0.1, 0.15) is 0 Å². The summed E-state index contributed by atoms with van der Waals surface area (Å²) in [5.41, 5.74) is 0. The Bertz CT molecular complexity index is 506.